The van der Waals surface area contributed by atoms with Crippen molar-refractivity contribution in [1.29, 1.82) is 0 Å². The summed E-state index contributed by atoms with van der Waals surface area (Å²) >= 11 is 6.42. The van der Waals surface area contributed by atoms with Crippen LogP contribution >= 0.6 is 11.6 Å². The number of unbranched alkanes of at least 4 members (excludes halogenated alkanes) is 1. The molecule has 1 N–H and O–H groups in total. The Morgan fingerprint density at radius 3 is 2.55 bits per heavy atom. The molecule has 0 radical (unpaired) electrons. The molecule has 2 aliphatic heterocycles. The summed E-state index contributed by atoms with van der Waals surface area (Å²) in [6, 6.07) is 14.6. The second-order valence-corrected chi connectivity index (χ2v) is 15.9. The third-order valence-corrected chi connectivity index (χ3v) is 11.2. The molecule has 4 rings (SSSR count). The first kappa shape index (κ1) is 32.1. The normalized spacial score (nSPS) is 23.4. The molecule has 228 valence electrons. The fourth-order valence-corrected chi connectivity index (χ4v) is 9.27. The van der Waals surface area contributed by atoms with Crippen LogP contribution in [0.5, 0.6) is 0 Å². The van der Waals surface area contributed by atoms with Crippen molar-refractivity contribution >= 4 is 43.5 Å². The number of amides is 2. The van der Waals surface area contributed by atoms with Gasteiger partial charge in [0.15, 0.2) is 5.60 Å². The first-order chi connectivity index (χ1) is 19.9. The zero-order chi connectivity index (χ0) is 30.7. The lowest BCUT2D eigenvalue weighted by Crippen LogP contribution is -2.45. The van der Waals surface area contributed by atoms with Gasteiger partial charge in [0.25, 0.3) is 5.91 Å². The largest absolute Gasteiger partial charge is 0.469 e. The van der Waals surface area contributed by atoms with E-state index in [1.54, 1.807) is 41.1 Å². The summed E-state index contributed by atoms with van der Waals surface area (Å²) in [7, 11) is -2.13. The molecule has 0 aliphatic carbocycles. The van der Waals surface area contributed by atoms with E-state index in [-0.39, 0.29) is 43.8 Å². The highest BCUT2D eigenvalue weighted by Crippen LogP contribution is 2.60. The molecular weight excluding hydrogens is 579 g/mol. The van der Waals surface area contributed by atoms with Crippen LogP contribution in [0.4, 0.5) is 9.80 Å². The van der Waals surface area contributed by atoms with Crippen LogP contribution < -0.4 is 4.90 Å². The molecule has 0 saturated carbocycles. The maximum absolute atomic E-state index is 16.1. The minimum Gasteiger partial charge on any atom is -0.469 e. The van der Waals surface area contributed by atoms with Crippen molar-refractivity contribution in [1.82, 2.24) is 4.90 Å². The number of aliphatic hydroxyl groups is 1. The zero-order valence-corrected chi connectivity index (χ0v) is 26.4. The zero-order valence-electron chi connectivity index (χ0n) is 24.6. The van der Waals surface area contributed by atoms with Crippen molar-refractivity contribution in [3.8, 4) is 0 Å². The van der Waals surface area contributed by atoms with Crippen LogP contribution in [0.1, 0.15) is 43.7 Å². The molecule has 11 heteroatoms. The number of aliphatic hydroxyl groups excluding tert-OH is 1. The highest BCUT2D eigenvalue weighted by molar-refractivity contribution is 6.72. The molecule has 0 aromatic heterocycles. The van der Waals surface area contributed by atoms with Crippen LogP contribution in [0.25, 0.3) is 0 Å². The number of methoxy groups -OCH3 is 1. The van der Waals surface area contributed by atoms with Gasteiger partial charge in [0, 0.05) is 48.1 Å². The van der Waals surface area contributed by atoms with E-state index in [4.69, 9.17) is 21.1 Å². The lowest BCUT2D eigenvalue weighted by Gasteiger charge is -2.31. The molecule has 2 heterocycles. The molecule has 8 nitrogen and oxygen atoms in total. The summed E-state index contributed by atoms with van der Waals surface area (Å²) in [5.74, 6) is -1.46. The van der Waals surface area contributed by atoms with Crippen LogP contribution in [-0.2, 0) is 36.0 Å². The van der Waals surface area contributed by atoms with E-state index >= 15 is 4.11 Å². The van der Waals surface area contributed by atoms with E-state index < -0.39 is 31.6 Å². The molecular formula is C31H40ClFN2O6Si. The number of hydrogen-bond acceptors (Lipinski definition) is 6. The molecule has 0 unspecified atom stereocenters. The maximum Gasteiger partial charge on any atom is 0.305 e. The minimum atomic E-state index is -3.47. The monoisotopic (exact) mass is 618 g/mol. The number of rotatable bonds is 12. The molecule has 2 aromatic rings. The van der Waals surface area contributed by atoms with Crippen molar-refractivity contribution in [3.63, 3.8) is 0 Å². The van der Waals surface area contributed by atoms with Crippen molar-refractivity contribution in [3.05, 3.63) is 64.7 Å². The Kier molecular flexibility index (Phi) is 10.1. The van der Waals surface area contributed by atoms with Crippen LogP contribution in [-0.4, -0.2) is 69.1 Å². The topological polar surface area (TPSA) is 96.4 Å². The number of esters is 1. The predicted molar refractivity (Wildman–Crippen MR) is 161 cm³/mol. The van der Waals surface area contributed by atoms with Gasteiger partial charge in [-0.05, 0) is 49.7 Å². The Balaban J connectivity index is 1.64. The number of benzene rings is 2. The van der Waals surface area contributed by atoms with E-state index in [9.17, 15) is 19.5 Å². The molecule has 2 aromatic carbocycles. The van der Waals surface area contributed by atoms with E-state index in [1.807, 2.05) is 37.3 Å². The average molecular weight is 619 g/mol. The highest BCUT2D eigenvalue weighted by Gasteiger charge is 2.67. The highest BCUT2D eigenvalue weighted by atomic mass is 35.5. The van der Waals surface area contributed by atoms with Gasteiger partial charge in [-0.1, -0.05) is 48.9 Å². The second kappa shape index (κ2) is 13.2. The van der Waals surface area contributed by atoms with Gasteiger partial charge in [-0.2, -0.15) is 0 Å². The van der Waals surface area contributed by atoms with Gasteiger partial charge in [-0.3, -0.25) is 14.4 Å². The summed E-state index contributed by atoms with van der Waals surface area (Å²) in [5.41, 5.74) is -0.00941. The number of ether oxygens (including phenoxy) is 2. The number of carbonyl (C=O) groups is 3. The third-order valence-electron chi connectivity index (χ3n) is 8.48. The molecule has 1 saturated heterocycles. The predicted octanol–water partition coefficient (Wildman–Crippen LogP) is 5.22. The van der Waals surface area contributed by atoms with E-state index in [0.29, 0.717) is 42.2 Å². The quantitative estimate of drug-likeness (QED) is 0.152. The Bertz CT molecular complexity index is 1290. The van der Waals surface area contributed by atoms with Crippen molar-refractivity contribution in [2.45, 2.75) is 69.5 Å². The second-order valence-electron chi connectivity index (χ2n) is 11.7. The van der Waals surface area contributed by atoms with Gasteiger partial charge in [0.2, 0.25) is 14.3 Å². The van der Waals surface area contributed by atoms with Crippen LogP contribution in [0.15, 0.2) is 48.5 Å². The van der Waals surface area contributed by atoms with Gasteiger partial charge in [-0.25, -0.2) is 0 Å². The Hall–Kier alpha value is -2.79. The maximum atomic E-state index is 16.1. The molecule has 2 amide bonds. The van der Waals surface area contributed by atoms with Crippen molar-refractivity contribution in [2.75, 3.05) is 31.7 Å². The van der Waals surface area contributed by atoms with Crippen LogP contribution in [0.2, 0.25) is 23.7 Å². The lowest BCUT2D eigenvalue weighted by atomic mass is 9.82. The first-order valence-electron chi connectivity index (χ1n) is 14.4. The number of carbonyl (C=O) groups excluding carboxylic acids is 3. The third kappa shape index (κ3) is 6.41. The molecule has 42 heavy (non-hydrogen) atoms. The standard InChI is InChI=1S/C31H40ClFN2O6Si/c1-21-29(42(3,4)33)26(19-27(37)34(16-17-36)20-22-10-6-5-7-11-22)41-31(21)24-18-23(32)13-14-25(24)35(30(31)39)15-9-8-12-28(38)40-2/h5-7,10-11,13-14,18,21,26,29,36H,8-9,12,15-17,19-20H2,1-4H3/t21-,26+,29-,31+/m1/s1. The Labute approximate surface area is 252 Å². The van der Waals surface area contributed by atoms with Gasteiger partial charge in [-0.15, -0.1) is 0 Å². The number of nitrogens with zero attached hydrogens (tertiary/aromatic N) is 2. The molecule has 1 fully saturated rings. The fraction of sp³-hybridized carbons (Fsp3) is 0.516. The summed E-state index contributed by atoms with van der Waals surface area (Å²) in [5, 5.41) is 10.1. The van der Waals surface area contributed by atoms with Crippen molar-refractivity contribution in [2.24, 2.45) is 5.92 Å². The van der Waals surface area contributed by atoms with Gasteiger partial charge in [0.1, 0.15) is 0 Å². The summed E-state index contributed by atoms with van der Waals surface area (Å²) in [6.45, 7) is 5.56. The van der Waals surface area contributed by atoms with E-state index in [2.05, 4.69) is 0 Å². The van der Waals surface area contributed by atoms with Crippen LogP contribution in [0.3, 0.4) is 0 Å². The van der Waals surface area contributed by atoms with Crippen LogP contribution in [0, 0.1) is 5.92 Å². The average Bonchev–Trinajstić information content (AvgIpc) is 3.37. The summed E-state index contributed by atoms with van der Waals surface area (Å²) in [6.07, 6.45) is 0.371. The molecule has 4 atom stereocenters. The van der Waals surface area contributed by atoms with Gasteiger partial charge < -0.3 is 28.5 Å². The number of fused-ring (bicyclic) bond motifs is 2. The van der Waals surface area contributed by atoms with Gasteiger partial charge in [0.05, 0.1) is 31.9 Å². The number of hydrogen-bond donors (Lipinski definition) is 1. The minimum absolute atomic E-state index is 0.119. The summed E-state index contributed by atoms with van der Waals surface area (Å²) in [4.78, 5) is 42.7. The Morgan fingerprint density at radius 1 is 1.19 bits per heavy atom. The first-order valence-corrected chi connectivity index (χ1v) is 17.8. The van der Waals surface area contributed by atoms with Gasteiger partial charge >= 0.3 is 5.97 Å². The number of halogens is 2. The van der Waals surface area contributed by atoms with Crippen molar-refractivity contribution < 1.29 is 33.1 Å². The molecule has 2 aliphatic rings. The fourth-order valence-electron chi connectivity index (χ4n) is 6.60. The molecule has 0 bridgehead atoms. The SMILES string of the molecule is COC(=O)CCCCN1C(=O)[C@@]2(O[C@@H](CC(=O)N(CCO)Cc3ccccc3)[C@H]([Si](C)(C)F)[C@H]2C)c2cc(Cl)ccc21. The van der Waals surface area contributed by atoms with E-state index in [0.717, 1.165) is 5.56 Å². The molecule has 1 spiro atoms. The summed E-state index contributed by atoms with van der Waals surface area (Å²) < 4.78 is 27.5. The Morgan fingerprint density at radius 2 is 1.90 bits per heavy atom. The lowest BCUT2D eigenvalue weighted by molar-refractivity contribution is -0.149. The number of anilines is 1. The van der Waals surface area contributed by atoms with E-state index in [1.165, 1.54) is 7.11 Å². The smallest absolute Gasteiger partial charge is 0.305 e.